The fourth-order valence-electron chi connectivity index (χ4n) is 1.68. The fraction of sp³-hybridized carbons (Fsp3) is 0.500. The van der Waals surface area contributed by atoms with Gasteiger partial charge in [-0.3, -0.25) is 9.78 Å². The Morgan fingerprint density at radius 3 is 2.68 bits per heavy atom. The molecular formula is C12H18N2O4P+. The van der Waals surface area contributed by atoms with Crippen LogP contribution in [0, 0.1) is 0 Å². The average molecular weight is 285 g/mol. The van der Waals surface area contributed by atoms with Crippen molar-refractivity contribution in [2.45, 2.75) is 25.2 Å². The molecule has 0 saturated carbocycles. The van der Waals surface area contributed by atoms with Gasteiger partial charge in [-0.25, -0.2) is 0 Å². The summed E-state index contributed by atoms with van der Waals surface area (Å²) in [6.45, 7) is 3.85. The molecule has 3 atom stereocenters. The van der Waals surface area contributed by atoms with Gasteiger partial charge in [0.1, 0.15) is 5.69 Å². The summed E-state index contributed by atoms with van der Waals surface area (Å²) in [6.07, 6.45) is 1.53. The number of carbonyl (C=O) groups excluding carboxylic acids is 1. The molecule has 0 aliphatic carbocycles. The normalized spacial score (nSPS) is 15.7. The second-order valence-corrected chi connectivity index (χ2v) is 4.66. The number of nitrogens with zero attached hydrogens (tertiary/aromatic N) is 1. The van der Waals surface area contributed by atoms with Gasteiger partial charge in [0.05, 0.1) is 6.61 Å². The highest BCUT2D eigenvalue weighted by atomic mass is 31.1. The lowest BCUT2D eigenvalue weighted by molar-refractivity contribution is -0.150. The van der Waals surface area contributed by atoms with Crippen LogP contribution >= 0.6 is 8.46 Å². The lowest BCUT2D eigenvalue weighted by atomic mass is 10.1. The molecule has 1 aromatic rings. The quantitative estimate of drug-likeness (QED) is 0.597. The van der Waals surface area contributed by atoms with Crippen LogP contribution in [0.1, 0.15) is 19.5 Å². The molecule has 0 aromatic carbocycles. The van der Waals surface area contributed by atoms with E-state index in [1.54, 1.807) is 32.0 Å². The molecule has 0 spiro atoms. The van der Waals surface area contributed by atoms with E-state index < -0.39 is 25.8 Å². The minimum absolute atomic E-state index is 0.193. The summed E-state index contributed by atoms with van der Waals surface area (Å²) in [5.41, 5.74) is 6.23. The molecule has 3 unspecified atom stereocenters. The summed E-state index contributed by atoms with van der Waals surface area (Å²) in [5, 5.41) is -1.47. The number of rotatable bonds is 7. The van der Waals surface area contributed by atoms with Gasteiger partial charge in [-0.1, -0.05) is 10.6 Å². The Hall–Kier alpha value is -1.36. The van der Waals surface area contributed by atoms with Gasteiger partial charge >= 0.3 is 19.8 Å². The van der Waals surface area contributed by atoms with Gasteiger partial charge < -0.3 is 15.2 Å². The van der Waals surface area contributed by atoms with Crippen LogP contribution in [0.15, 0.2) is 24.4 Å². The summed E-state index contributed by atoms with van der Waals surface area (Å²) >= 11 is 0. The monoisotopic (exact) mass is 285 g/mol. The van der Waals surface area contributed by atoms with Crippen molar-refractivity contribution in [1.82, 2.24) is 4.98 Å². The van der Waals surface area contributed by atoms with Crippen molar-refractivity contribution >= 4 is 14.4 Å². The minimum Gasteiger partial charge on any atom is -0.465 e. The zero-order valence-electron chi connectivity index (χ0n) is 11.0. The molecule has 0 amide bonds. The number of pyridine rings is 1. The molecule has 1 rings (SSSR count). The lowest BCUT2D eigenvalue weighted by Crippen LogP contribution is -2.50. The van der Waals surface area contributed by atoms with E-state index in [-0.39, 0.29) is 13.2 Å². The molecule has 0 aliphatic heterocycles. The minimum atomic E-state index is -1.47. The van der Waals surface area contributed by atoms with Crippen molar-refractivity contribution in [2.24, 2.45) is 5.73 Å². The first-order valence-electron chi connectivity index (χ1n) is 5.99. The maximum Gasteiger partial charge on any atom is 0.369 e. The van der Waals surface area contributed by atoms with Crippen LogP contribution in [0.25, 0.3) is 0 Å². The summed E-state index contributed by atoms with van der Waals surface area (Å²) in [7, 11) is -0.980. The van der Waals surface area contributed by atoms with E-state index in [9.17, 15) is 9.36 Å². The molecule has 0 bridgehead atoms. The Bertz CT molecular complexity index is 429. The summed E-state index contributed by atoms with van der Waals surface area (Å²) < 4.78 is 22.0. The topological polar surface area (TPSA) is 91.5 Å². The van der Waals surface area contributed by atoms with Crippen molar-refractivity contribution < 1.29 is 18.8 Å². The highest BCUT2D eigenvalue weighted by molar-refractivity contribution is 7.25. The van der Waals surface area contributed by atoms with Crippen molar-refractivity contribution in [1.29, 1.82) is 0 Å². The van der Waals surface area contributed by atoms with E-state index in [0.717, 1.165) is 0 Å². The van der Waals surface area contributed by atoms with Gasteiger partial charge in [0.15, 0.2) is 6.04 Å². The average Bonchev–Trinajstić information content (AvgIpc) is 2.45. The predicted octanol–water partition coefficient (Wildman–Crippen LogP) is 1.19. The zero-order chi connectivity index (χ0) is 14.3. The van der Waals surface area contributed by atoms with Crippen molar-refractivity contribution in [2.75, 3.05) is 13.2 Å². The number of nitrogens with two attached hydrogens (primary N) is 1. The molecule has 104 valence electrons. The van der Waals surface area contributed by atoms with Crippen LogP contribution in [-0.2, 0) is 24.2 Å². The Morgan fingerprint density at radius 2 is 2.21 bits per heavy atom. The second-order valence-electron chi connectivity index (χ2n) is 3.72. The highest BCUT2D eigenvalue weighted by Gasteiger charge is 2.54. The lowest BCUT2D eigenvalue weighted by Gasteiger charge is -2.24. The molecule has 6 nitrogen and oxygen atoms in total. The van der Waals surface area contributed by atoms with Crippen LogP contribution in [0.5, 0.6) is 0 Å². The maximum absolute atomic E-state index is 11.8. The first-order valence-corrected chi connectivity index (χ1v) is 6.90. The summed E-state index contributed by atoms with van der Waals surface area (Å²) in [5.74, 6) is -0.662. The molecule has 1 heterocycles. The molecule has 0 radical (unpaired) electrons. The molecule has 0 saturated heterocycles. The number of hydrogen-bond acceptors (Lipinski definition) is 6. The standard InChI is InChI=1S/C12H17N2O4P/c1-3-17-11(15)10(13)12(19-16,18-4-2)9-7-5-6-8-14-9/h5-8,10H,3-4,13H2,1-2H3/p+1. The van der Waals surface area contributed by atoms with Crippen molar-refractivity contribution in [3.8, 4) is 0 Å². The van der Waals surface area contributed by atoms with Crippen molar-refractivity contribution in [3.63, 3.8) is 0 Å². The Morgan fingerprint density at radius 1 is 1.47 bits per heavy atom. The maximum atomic E-state index is 11.8. The van der Waals surface area contributed by atoms with E-state index in [1.807, 2.05) is 0 Å². The Labute approximate surface area is 113 Å². The number of aromatic nitrogens is 1. The third-order valence-corrected chi connectivity index (χ3v) is 3.56. The first-order chi connectivity index (χ1) is 9.12. The largest absolute Gasteiger partial charge is 0.465 e. The van der Waals surface area contributed by atoms with E-state index in [2.05, 4.69) is 4.98 Å². The van der Waals surface area contributed by atoms with E-state index in [4.69, 9.17) is 15.2 Å². The van der Waals surface area contributed by atoms with Gasteiger partial charge in [-0.15, -0.1) is 0 Å². The fourth-order valence-corrected chi connectivity index (χ4v) is 2.38. The molecule has 0 fully saturated rings. The highest BCUT2D eigenvalue weighted by Crippen LogP contribution is 2.38. The van der Waals surface area contributed by atoms with Crippen molar-refractivity contribution in [3.05, 3.63) is 30.1 Å². The van der Waals surface area contributed by atoms with E-state index >= 15 is 0 Å². The van der Waals surface area contributed by atoms with Crippen LogP contribution in [-0.4, -0.2) is 30.2 Å². The molecule has 2 N–H and O–H groups in total. The van der Waals surface area contributed by atoms with Crippen LogP contribution in [0.4, 0.5) is 0 Å². The predicted molar refractivity (Wildman–Crippen MR) is 71.2 cm³/mol. The third-order valence-electron chi connectivity index (χ3n) is 2.55. The van der Waals surface area contributed by atoms with Gasteiger partial charge in [0, 0.05) is 12.8 Å². The van der Waals surface area contributed by atoms with E-state index in [0.29, 0.717) is 5.69 Å². The SMILES string of the molecule is CCOC(=O)C(N)C(OCC)([PH+]=O)c1ccccn1. The Balaban J connectivity index is 3.19. The molecule has 7 heteroatoms. The smallest absolute Gasteiger partial charge is 0.369 e. The number of ether oxygens (including phenoxy) is 2. The summed E-state index contributed by atoms with van der Waals surface area (Å²) in [6, 6.07) is 3.86. The van der Waals surface area contributed by atoms with Crippen LogP contribution < -0.4 is 5.73 Å². The molecule has 0 aliphatic rings. The number of hydrogen-bond donors (Lipinski definition) is 1. The summed E-state index contributed by atoms with van der Waals surface area (Å²) in [4.78, 5) is 15.9. The van der Waals surface area contributed by atoms with Crippen LogP contribution in [0.2, 0.25) is 0 Å². The van der Waals surface area contributed by atoms with Gasteiger partial charge in [0.25, 0.3) is 0 Å². The molecule has 19 heavy (non-hydrogen) atoms. The van der Waals surface area contributed by atoms with E-state index in [1.165, 1.54) is 6.20 Å². The number of carbonyl (C=O) groups is 1. The van der Waals surface area contributed by atoms with Gasteiger partial charge in [-0.05, 0) is 26.0 Å². The van der Waals surface area contributed by atoms with Crippen LogP contribution in [0.3, 0.4) is 0 Å². The second kappa shape index (κ2) is 7.28. The van der Waals surface area contributed by atoms with Gasteiger partial charge in [-0.2, -0.15) is 0 Å². The van der Waals surface area contributed by atoms with Gasteiger partial charge in [0.2, 0.25) is 0 Å². The molecule has 1 aromatic heterocycles. The first kappa shape index (κ1) is 15.7. The third kappa shape index (κ3) is 3.35. The molecular weight excluding hydrogens is 267 g/mol. The zero-order valence-corrected chi connectivity index (χ0v) is 12.0. The number of esters is 1. The Kier molecular flexibility index (Phi) is 6.02.